The third kappa shape index (κ3) is 9.26. The van der Waals surface area contributed by atoms with Gasteiger partial charge in [0.05, 0.1) is 29.7 Å². The highest BCUT2D eigenvalue weighted by atomic mass is 35.5. The molecular formula is C32H40Cl2N4O5S. The number of hydrogen-bond acceptors (Lipinski definition) is 7. The largest absolute Gasteiger partial charge is 0.494 e. The van der Waals surface area contributed by atoms with Gasteiger partial charge in [0.2, 0.25) is 10.0 Å². The van der Waals surface area contributed by atoms with Gasteiger partial charge in [0.1, 0.15) is 5.75 Å². The Balaban J connectivity index is 0.00000264. The predicted molar refractivity (Wildman–Crippen MR) is 177 cm³/mol. The van der Waals surface area contributed by atoms with Crippen molar-refractivity contribution in [1.29, 1.82) is 0 Å². The van der Waals surface area contributed by atoms with Gasteiger partial charge >= 0.3 is 0 Å². The van der Waals surface area contributed by atoms with Gasteiger partial charge < -0.3 is 18.9 Å². The van der Waals surface area contributed by atoms with Crippen LogP contribution in [-0.2, 0) is 28.4 Å². The second kappa shape index (κ2) is 16.9. The van der Waals surface area contributed by atoms with Gasteiger partial charge in [-0.05, 0) is 67.3 Å². The summed E-state index contributed by atoms with van der Waals surface area (Å²) >= 11 is 0. The molecule has 0 N–H and O–H groups in total. The maximum absolute atomic E-state index is 13.6. The molecule has 0 unspecified atom stereocenters. The summed E-state index contributed by atoms with van der Waals surface area (Å²) in [4.78, 5) is 18.6. The molecule has 0 spiro atoms. The first-order valence-corrected chi connectivity index (χ1v) is 15.8. The Labute approximate surface area is 271 Å². The number of halogens is 2. The number of aromatic nitrogens is 2. The lowest BCUT2D eigenvalue weighted by Gasteiger charge is -2.33. The number of likely N-dealkylation sites (tertiary alicyclic amines) is 1. The minimum Gasteiger partial charge on any atom is -0.494 e. The lowest BCUT2D eigenvalue weighted by molar-refractivity contribution is -0.00301. The summed E-state index contributed by atoms with van der Waals surface area (Å²) in [6.45, 7) is 4.08. The van der Waals surface area contributed by atoms with Crippen LogP contribution in [0.4, 0.5) is 0 Å². The zero-order valence-corrected chi connectivity index (χ0v) is 27.2. The fourth-order valence-corrected chi connectivity index (χ4v) is 6.72. The molecular weight excluding hydrogens is 623 g/mol. The van der Waals surface area contributed by atoms with Gasteiger partial charge in [-0.2, -0.15) is 4.31 Å². The van der Waals surface area contributed by atoms with E-state index in [1.54, 1.807) is 52.4 Å². The normalized spacial score (nSPS) is 14.2. The zero-order chi connectivity index (χ0) is 29.4. The molecule has 3 heterocycles. The molecule has 9 nitrogen and oxygen atoms in total. The summed E-state index contributed by atoms with van der Waals surface area (Å²) in [5.74, 6) is 0.687. The summed E-state index contributed by atoms with van der Waals surface area (Å²) in [5.41, 5.74) is 1.84. The number of hydrogen-bond donors (Lipinski definition) is 0. The minimum atomic E-state index is -3.65. The van der Waals surface area contributed by atoms with Crippen LogP contribution in [0.3, 0.4) is 0 Å². The fourth-order valence-electron chi connectivity index (χ4n) is 5.23. The van der Waals surface area contributed by atoms with Gasteiger partial charge in [0.15, 0.2) is 0 Å². The molecule has 44 heavy (non-hydrogen) atoms. The third-order valence-electron chi connectivity index (χ3n) is 7.71. The summed E-state index contributed by atoms with van der Waals surface area (Å²) in [6, 6.07) is 21.5. The van der Waals surface area contributed by atoms with Crippen molar-refractivity contribution in [2.24, 2.45) is 7.05 Å². The highest BCUT2D eigenvalue weighted by Gasteiger charge is 2.26. The zero-order valence-electron chi connectivity index (χ0n) is 24.8. The Morgan fingerprint density at radius 1 is 0.955 bits per heavy atom. The van der Waals surface area contributed by atoms with E-state index in [1.807, 2.05) is 42.6 Å². The van der Waals surface area contributed by atoms with Crippen molar-refractivity contribution in [1.82, 2.24) is 18.8 Å². The highest BCUT2D eigenvalue weighted by molar-refractivity contribution is 7.89. The Kier molecular flexibility index (Phi) is 13.6. The lowest BCUT2D eigenvalue weighted by atomic mass is 10.1. The van der Waals surface area contributed by atoms with Crippen LogP contribution in [0, 0.1) is 0 Å². The molecule has 0 aliphatic carbocycles. The average molecular weight is 664 g/mol. The number of rotatable bonds is 13. The van der Waals surface area contributed by atoms with Gasteiger partial charge in [0.25, 0.3) is 5.56 Å². The number of aryl methyl sites for hydroxylation is 1. The van der Waals surface area contributed by atoms with Crippen molar-refractivity contribution < 1.29 is 17.9 Å². The summed E-state index contributed by atoms with van der Waals surface area (Å²) in [6.07, 6.45) is 6.16. The molecule has 0 radical (unpaired) electrons. The topological polar surface area (TPSA) is 94.0 Å². The highest BCUT2D eigenvalue weighted by Crippen LogP contribution is 2.21. The van der Waals surface area contributed by atoms with Crippen molar-refractivity contribution in [2.45, 2.75) is 36.9 Å². The van der Waals surface area contributed by atoms with Crippen molar-refractivity contribution in [3.05, 3.63) is 101 Å². The number of pyridine rings is 2. The Morgan fingerprint density at radius 2 is 1.73 bits per heavy atom. The number of fused-ring (bicyclic) bond motifs is 1. The average Bonchev–Trinajstić information content (AvgIpc) is 3.03. The second-order valence-corrected chi connectivity index (χ2v) is 12.5. The molecule has 0 amide bonds. The van der Waals surface area contributed by atoms with E-state index in [0.29, 0.717) is 49.9 Å². The monoisotopic (exact) mass is 662 g/mol. The van der Waals surface area contributed by atoms with Crippen molar-refractivity contribution >= 4 is 45.7 Å². The smallest absolute Gasteiger partial charge is 0.250 e. The molecule has 4 aromatic rings. The molecule has 1 aliphatic heterocycles. The Hall–Kier alpha value is -2.99. The number of benzene rings is 2. The van der Waals surface area contributed by atoms with E-state index in [-0.39, 0.29) is 36.5 Å². The Bertz CT molecular complexity index is 1620. The van der Waals surface area contributed by atoms with Crippen LogP contribution < -0.4 is 10.3 Å². The van der Waals surface area contributed by atoms with E-state index in [9.17, 15) is 13.2 Å². The van der Waals surface area contributed by atoms with Crippen molar-refractivity contribution in [3.8, 4) is 5.75 Å². The molecule has 0 bridgehead atoms. The van der Waals surface area contributed by atoms with Crippen LogP contribution in [0.2, 0.25) is 0 Å². The van der Waals surface area contributed by atoms with E-state index in [2.05, 4.69) is 9.88 Å². The first-order chi connectivity index (χ1) is 20.4. The van der Waals surface area contributed by atoms with E-state index in [4.69, 9.17) is 9.47 Å². The molecule has 2 aromatic carbocycles. The van der Waals surface area contributed by atoms with Gasteiger partial charge in [-0.1, -0.05) is 24.3 Å². The molecule has 1 fully saturated rings. The standard InChI is InChI=1S/C32H38N4O5S.2ClH/c1-34-31-12-11-29(23-27(31)10-13-32(34)37)40-22-6-17-36(42(38,39)30-8-3-2-4-9-30)21-20-35-18-14-28(15-19-35)41-25-26-7-5-16-33-24-26;;/h2-5,7-13,16,23-24,28H,6,14-15,17-22,25H2,1H3;2*1H. The van der Waals surface area contributed by atoms with Gasteiger partial charge in [-0.15, -0.1) is 24.8 Å². The third-order valence-corrected chi connectivity index (χ3v) is 9.62. The number of ether oxygens (including phenoxy) is 2. The molecule has 0 atom stereocenters. The van der Waals surface area contributed by atoms with Gasteiger partial charge in [-0.3, -0.25) is 9.78 Å². The first kappa shape index (κ1) is 35.5. The van der Waals surface area contributed by atoms with E-state index < -0.39 is 10.0 Å². The molecule has 2 aromatic heterocycles. The maximum atomic E-state index is 13.6. The summed E-state index contributed by atoms with van der Waals surface area (Å²) in [7, 11) is -1.90. The van der Waals surface area contributed by atoms with Crippen LogP contribution >= 0.6 is 24.8 Å². The van der Waals surface area contributed by atoms with Crippen molar-refractivity contribution in [2.75, 3.05) is 39.3 Å². The van der Waals surface area contributed by atoms with Crippen LogP contribution in [0.25, 0.3) is 10.9 Å². The molecule has 12 heteroatoms. The maximum Gasteiger partial charge on any atom is 0.250 e. The SMILES string of the molecule is Cl.Cl.Cn1c(=O)ccc2cc(OCCCN(CCN3CCC(OCc4cccnc4)CC3)S(=O)(=O)c3ccccc3)ccc21. The molecule has 1 saturated heterocycles. The van der Waals surface area contributed by atoms with Gasteiger partial charge in [0, 0.05) is 63.6 Å². The van der Waals surface area contributed by atoms with Gasteiger partial charge in [-0.25, -0.2) is 8.42 Å². The molecule has 5 rings (SSSR count). The minimum absolute atomic E-state index is 0. The molecule has 0 saturated carbocycles. The fraction of sp³-hybridized carbons (Fsp3) is 0.375. The number of piperidine rings is 1. The van der Waals surface area contributed by atoms with Crippen LogP contribution in [0.15, 0.2) is 94.9 Å². The quantitative estimate of drug-likeness (QED) is 0.188. The van der Waals surface area contributed by atoms with Crippen LogP contribution in [-0.4, -0.2) is 72.6 Å². The van der Waals surface area contributed by atoms with Crippen LogP contribution in [0.1, 0.15) is 24.8 Å². The number of sulfonamides is 1. The van der Waals surface area contributed by atoms with Crippen LogP contribution in [0.5, 0.6) is 5.75 Å². The van der Waals surface area contributed by atoms with E-state index in [1.165, 1.54) is 6.07 Å². The Morgan fingerprint density at radius 3 is 2.45 bits per heavy atom. The van der Waals surface area contributed by atoms with E-state index >= 15 is 0 Å². The summed E-state index contributed by atoms with van der Waals surface area (Å²) in [5, 5.41) is 0.911. The number of nitrogens with zero attached hydrogens (tertiary/aromatic N) is 4. The van der Waals surface area contributed by atoms with Crippen molar-refractivity contribution in [3.63, 3.8) is 0 Å². The predicted octanol–water partition coefficient (Wildman–Crippen LogP) is 4.92. The molecule has 238 valence electrons. The second-order valence-electron chi connectivity index (χ2n) is 10.6. The molecule has 1 aliphatic rings. The first-order valence-electron chi connectivity index (χ1n) is 14.4. The lowest BCUT2D eigenvalue weighted by Crippen LogP contribution is -2.43. The van der Waals surface area contributed by atoms with E-state index in [0.717, 1.165) is 42.4 Å². The summed E-state index contributed by atoms with van der Waals surface area (Å²) < 4.78 is 42.4.